The molecule has 1 fully saturated rings. The van der Waals surface area contributed by atoms with Gasteiger partial charge in [0.1, 0.15) is 0 Å². The normalized spacial score (nSPS) is 17.7. The van der Waals surface area contributed by atoms with E-state index >= 15 is 0 Å². The maximum Gasteiger partial charge on any atom is 0.270 e. The number of sulfone groups is 1. The van der Waals surface area contributed by atoms with Crippen LogP contribution in [0, 0.1) is 10.1 Å². The van der Waals surface area contributed by atoms with E-state index in [9.17, 15) is 18.5 Å². The highest BCUT2D eigenvalue weighted by Crippen LogP contribution is 2.29. The summed E-state index contributed by atoms with van der Waals surface area (Å²) in [7, 11) is -3.59. The summed E-state index contributed by atoms with van der Waals surface area (Å²) in [6, 6.07) is 14.0. The van der Waals surface area contributed by atoms with Crippen LogP contribution in [-0.4, -0.2) is 38.7 Å². The molecular formula is C18H21N3O4S. The van der Waals surface area contributed by atoms with Gasteiger partial charge in [-0.05, 0) is 31.0 Å². The van der Waals surface area contributed by atoms with Gasteiger partial charge in [-0.1, -0.05) is 18.2 Å². The van der Waals surface area contributed by atoms with Gasteiger partial charge in [-0.15, -0.1) is 0 Å². The minimum atomic E-state index is -3.59. The fourth-order valence-electron chi connectivity index (χ4n) is 3.24. The van der Waals surface area contributed by atoms with Crippen molar-refractivity contribution in [2.24, 2.45) is 0 Å². The lowest BCUT2D eigenvalue weighted by Crippen LogP contribution is -2.42. The van der Waals surface area contributed by atoms with Gasteiger partial charge in [0.25, 0.3) is 5.69 Å². The fourth-order valence-corrected chi connectivity index (χ4v) is 4.10. The summed E-state index contributed by atoms with van der Waals surface area (Å²) in [5.74, 6) is 0. The van der Waals surface area contributed by atoms with Crippen LogP contribution >= 0.6 is 0 Å². The van der Waals surface area contributed by atoms with Gasteiger partial charge in [-0.3, -0.25) is 10.1 Å². The van der Waals surface area contributed by atoms with Crippen LogP contribution in [0.5, 0.6) is 0 Å². The van der Waals surface area contributed by atoms with Gasteiger partial charge in [-0.25, -0.2) is 8.42 Å². The van der Waals surface area contributed by atoms with E-state index in [4.69, 9.17) is 0 Å². The van der Waals surface area contributed by atoms with Gasteiger partial charge in [0.2, 0.25) is 0 Å². The van der Waals surface area contributed by atoms with E-state index in [0.29, 0.717) is 5.69 Å². The standard InChI is InChI=1S/C18H21N3O4S/c1-26(24,25)18-12-16(21(22)23)9-10-17(18)19-14-6-5-11-20(13-14)15-7-3-2-4-8-15/h2-4,7-10,12,14,19H,5-6,11,13H2,1H3. The summed E-state index contributed by atoms with van der Waals surface area (Å²) in [6.07, 6.45) is 2.95. The van der Waals surface area contributed by atoms with Crippen molar-refractivity contribution in [3.05, 3.63) is 58.6 Å². The Morgan fingerprint density at radius 1 is 1.19 bits per heavy atom. The molecule has 1 saturated heterocycles. The van der Waals surface area contributed by atoms with Gasteiger partial charge in [-0.2, -0.15) is 0 Å². The second-order valence-corrected chi connectivity index (χ2v) is 8.46. The van der Waals surface area contributed by atoms with Crippen LogP contribution in [0.3, 0.4) is 0 Å². The molecular weight excluding hydrogens is 354 g/mol. The second kappa shape index (κ2) is 7.33. The first kappa shape index (κ1) is 18.2. The van der Waals surface area contributed by atoms with E-state index < -0.39 is 14.8 Å². The van der Waals surface area contributed by atoms with Crippen LogP contribution in [0.4, 0.5) is 17.1 Å². The first-order chi connectivity index (χ1) is 12.3. The third kappa shape index (κ3) is 4.13. The van der Waals surface area contributed by atoms with Crippen molar-refractivity contribution in [2.45, 2.75) is 23.8 Å². The van der Waals surface area contributed by atoms with Crippen LogP contribution in [-0.2, 0) is 9.84 Å². The lowest BCUT2D eigenvalue weighted by molar-refractivity contribution is -0.385. The van der Waals surface area contributed by atoms with Crippen molar-refractivity contribution >= 4 is 26.9 Å². The van der Waals surface area contributed by atoms with Crippen molar-refractivity contribution in [2.75, 3.05) is 29.6 Å². The zero-order valence-electron chi connectivity index (χ0n) is 14.5. The first-order valence-electron chi connectivity index (χ1n) is 8.39. The molecule has 1 heterocycles. The second-order valence-electron chi connectivity index (χ2n) is 6.47. The highest BCUT2D eigenvalue weighted by Gasteiger charge is 2.24. The van der Waals surface area contributed by atoms with Gasteiger partial charge < -0.3 is 10.2 Å². The number of nitrogens with zero attached hydrogens (tertiary/aromatic N) is 2. The van der Waals surface area contributed by atoms with Crippen molar-refractivity contribution in [1.29, 1.82) is 0 Å². The van der Waals surface area contributed by atoms with Crippen LogP contribution in [0.25, 0.3) is 0 Å². The van der Waals surface area contributed by atoms with Crippen molar-refractivity contribution in [3.8, 4) is 0 Å². The molecule has 0 spiro atoms. The maximum atomic E-state index is 12.1. The summed E-state index contributed by atoms with van der Waals surface area (Å²) in [4.78, 5) is 12.6. The minimum absolute atomic E-state index is 0.0384. The molecule has 3 rings (SSSR count). The molecule has 0 amide bonds. The Hall–Kier alpha value is -2.61. The van der Waals surface area contributed by atoms with E-state index in [1.54, 1.807) is 0 Å². The smallest absolute Gasteiger partial charge is 0.270 e. The van der Waals surface area contributed by atoms with Crippen LogP contribution in [0.1, 0.15) is 12.8 Å². The molecule has 0 aliphatic carbocycles. The van der Waals surface area contributed by atoms with E-state index in [-0.39, 0.29) is 16.6 Å². The molecule has 0 saturated carbocycles. The quantitative estimate of drug-likeness (QED) is 0.638. The Bertz CT molecular complexity index is 900. The summed E-state index contributed by atoms with van der Waals surface area (Å²) in [6.45, 7) is 1.69. The first-order valence-corrected chi connectivity index (χ1v) is 10.3. The van der Waals surface area contributed by atoms with Gasteiger partial charge in [0.15, 0.2) is 9.84 Å². The number of nitro groups is 1. The summed E-state index contributed by atoms with van der Waals surface area (Å²) < 4.78 is 24.2. The Morgan fingerprint density at radius 2 is 1.92 bits per heavy atom. The molecule has 1 unspecified atom stereocenters. The highest BCUT2D eigenvalue weighted by molar-refractivity contribution is 7.90. The molecule has 2 aromatic carbocycles. The minimum Gasteiger partial charge on any atom is -0.379 e. The monoisotopic (exact) mass is 375 g/mol. The molecule has 0 bridgehead atoms. The van der Waals surface area contributed by atoms with Crippen LogP contribution in [0.2, 0.25) is 0 Å². The molecule has 1 N–H and O–H groups in total. The molecule has 0 aromatic heterocycles. The topological polar surface area (TPSA) is 92.5 Å². The number of nitro benzene ring substituents is 1. The molecule has 7 nitrogen and oxygen atoms in total. The molecule has 1 aliphatic rings. The van der Waals surface area contributed by atoms with Crippen molar-refractivity contribution < 1.29 is 13.3 Å². The van der Waals surface area contributed by atoms with Gasteiger partial charge in [0.05, 0.1) is 15.5 Å². The average Bonchev–Trinajstić information content (AvgIpc) is 2.62. The zero-order valence-corrected chi connectivity index (χ0v) is 15.3. The van der Waals surface area contributed by atoms with Gasteiger partial charge >= 0.3 is 0 Å². The van der Waals surface area contributed by atoms with E-state index in [0.717, 1.165) is 43.9 Å². The number of piperidine rings is 1. The summed E-state index contributed by atoms with van der Waals surface area (Å²) in [5, 5.41) is 14.2. The van der Waals surface area contributed by atoms with E-state index in [1.807, 2.05) is 18.2 Å². The van der Waals surface area contributed by atoms with Crippen LogP contribution in [0.15, 0.2) is 53.4 Å². The third-order valence-corrected chi connectivity index (χ3v) is 5.61. The highest BCUT2D eigenvalue weighted by atomic mass is 32.2. The number of hydrogen-bond donors (Lipinski definition) is 1. The van der Waals surface area contributed by atoms with Crippen molar-refractivity contribution in [1.82, 2.24) is 0 Å². The van der Waals surface area contributed by atoms with E-state index in [1.165, 1.54) is 12.1 Å². The number of anilines is 2. The Kier molecular flexibility index (Phi) is 5.13. The maximum absolute atomic E-state index is 12.1. The molecule has 26 heavy (non-hydrogen) atoms. The third-order valence-electron chi connectivity index (χ3n) is 4.48. The van der Waals surface area contributed by atoms with Crippen molar-refractivity contribution in [3.63, 3.8) is 0 Å². The number of hydrogen-bond acceptors (Lipinski definition) is 6. The number of nitrogens with one attached hydrogen (secondary N) is 1. The number of rotatable bonds is 5. The van der Waals surface area contributed by atoms with Gasteiger partial charge in [0, 0.05) is 43.2 Å². The summed E-state index contributed by atoms with van der Waals surface area (Å²) in [5.41, 5.74) is 1.31. The SMILES string of the molecule is CS(=O)(=O)c1cc([N+](=O)[O-])ccc1NC1CCCN(c2ccccc2)C1. The number of non-ortho nitro benzene ring substituents is 1. The Balaban J connectivity index is 1.83. The Labute approximate surface area is 152 Å². The zero-order chi connectivity index (χ0) is 18.7. The largest absolute Gasteiger partial charge is 0.379 e. The average molecular weight is 375 g/mol. The number of para-hydroxylation sites is 1. The predicted octanol–water partition coefficient (Wildman–Crippen LogP) is 3.08. The lowest BCUT2D eigenvalue weighted by atomic mass is 10.0. The lowest BCUT2D eigenvalue weighted by Gasteiger charge is -2.35. The molecule has 138 valence electrons. The molecule has 0 radical (unpaired) electrons. The molecule has 2 aromatic rings. The number of benzene rings is 2. The predicted molar refractivity (Wildman–Crippen MR) is 102 cm³/mol. The molecule has 8 heteroatoms. The molecule has 1 aliphatic heterocycles. The van der Waals surface area contributed by atoms with E-state index in [2.05, 4.69) is 22.3 Å². The fraction of sp³-hybridized carbons (Fsp3) is 0.333. The summed E-state index contributed by atoms with van der Waals surface area (Å²) >= 11 is 0. The Morgan fingerprint density at radius 3 is 2.58 bits per heavy atom. The van der Waals surface area contributed by atoms with Crippen LogP contribution < -0.4 is 10.2 Å². The molecule has 1 atom stereocenters.